The SMILES string of the molecule is Cc1nc(N2CC(F)(F)C2)cc(C(F)(F)F)n1. The lowest BCUT2D eigenvalue weighted by molar-refractivity contribution is -0.141. The van der Waals surface area contributed by atoms with Crippen LogP contribution in [0.15, 0.2) is 6.07 Å². The Morgan fingerprint density at radius 3 is 2.29 bits per heavy atom. The Morgan fingerprint density at radius 2 is 1.82 bits per heavy atom. The van der Waals surface area contributed by atoms with Crippen LogP contribution in [0.5, 0.6) is 0 Å². The first kappa shape index (κ1) is 12.0. The fourth-order valence-electron chi connectivity index (χ4n) is 1.53. The van der Waals surface area contributed by atoms with E-state index in [1.807, 2.05) is 0 Å². The van der Waals surface area contributed by atoms with E-state index < -0.39 is 30.9 Å². The number of hydrogen-bond acceptors (Lipinski definition) is 3. The molecule has 1 saturated heterocycles. The molecule has 1 aliphatic rings. The van der Waals surface area contributed by atoms with E-state index in [9.17, 15) is 22.0 Å². The molecule has 0 aromatic carbocycles. The monoisotopic (exact) mass is 253 g/mol. The van der Waals surface area contributed by atoms with Crippen LogP contribution >= 0.6 is 0 Å². The van der Waals surface area contributed by atoms with Crippen LogP contribution in [0.25, 0.3) is 0 Å². The van der Waals surface area contributed by atoms with E-state index in [4.69, 9.17) is 0 Å². The highest BCUT2D eigenvalue weighted by Crippen LogP contribution is 2.34. The summed E-state index contributed by atoms with van der Waals surface area (Å²) in [7, 11) is 0. The summed E-state index contributed by atoms with van der Waals surface area (Å²) >= 11 is 0. The van der Waals surface area contributed by atoms with Crippen LogP contribution in [0.2, 0.25) is 0 Å². The van der Waals surface area contributed by atoms with Gasteiger partial charge in [0.05, 0.1) is 13.1 Å². The van der Waals surface area contributed by atoms with Gasteiger partial charge in [0.15, 0.2) is 0 Å². The third-order valence-electron chi connectivity index (χ3n) is 2.28. The van der Waals surface area contributed by atoms with Crippen molar-refractivity contribution in [3.63, 3.8) is 0 Å². The lowest BCUT2D eigenvalue weighted by Gasteiger charge is -2.39. The number of hydrogen-bond donors (Lipinski definition) is 0. The van der Waals surface area contributed by atoms with E-state index in [1.54, 1.807) is 0 Å². The number of anilines is 1. The van der Waals surface area contributed by atoms with Crippen LogP contribution in [0, 0.1) is 6.92 Å². The van der Waals surface area contributed by atoms with E-state index in [2.05, 4.69) is 9.97 Å². The summed E-state index contributed by atoms with van der Waals surface area (Å²) in [5, 5.41) is 0. The van der Waals surface area contributed by atoms with Crippen LogP contribution < -0.4 is 4.90 Å². The predicted octanol–water partition coefficient (Wildman–Crippen LogP) is 2.26. The zero-order chi connectivity index (χ0) is 12.8. The molecule has 8 heteroatoms. The molecule has 0 aliphatic carbocycles. The molecule has 3 nitrogen and oxygen atoms in total. The molecular weight excluding hydrogens is 245 g/mol. The summed E-state index contributed by atoms with van der Waals surface area (Å²) < 4.78 is 62.5. The third kappa shape index (κ3) is 2.45. The number of nitrogens with zero attached hydrogens (tertiary/aromatic N) is 3. The first-order valence-electron chi connectivity index (χ1n) is 4.73. The van der Waals surface area contributed by atoms with Gasteiger partial charge in [0.2, 0.25) is 0 Å². The minimum absolute atomic E-state index is 0.0926. The van der Waals surface area contributed by atoms with E-state index in [1.165, 1.54) is 6.92 Å². The summed E-state index contributed by atoms with van der Waals surface area (Å²) in [4.78, 5) is 8.04. The van der Waals surface area contributed by atoms with E-state index in [0.717, 1.165) is 4.90 Å². The van der Waals surface area contributed by atoms with Crippen molar-refractivity contribution in [3.8, 4) is 0 Å². The van der Waals surface area contributed by atoms with Crippen molar-refractivity contribution >= 4 is 5.82 Å². The summed E-state index contributed by atoms with van der Waals surface area (Å²) in [6.45, 7) is 0.0676. The maximum Gasteiger partial charge on any atom is 0.433 e. The maximum absolute atomic E-state index is 12.6. The lowest BCUT2D eigenvalue weighted by atomic mass is 10.1. The van der Waals surface area contributed by atoms with Crippen LogP contribution in [0.1, 0.15) is 11.5 Å². The Balaban J connectivity index is 2.28. The Morgan fingerprint density at radius 1 is 1.24 bits per heavy atom. The van der Waals surface area contributed by atoms with Gasteiger partial charge in [0, 0.05) is 6.07 Å². The smallest absolute Gasteiger partial charge is 0.344 e. The van der Waals surface area contributed by atoms with Crippen molar-refractivity contribution < 1.29 is 22.0 Å². The minimum atomic E-state index is -4.60. The molecule has 1 aromatic rings. The quantitative estimate of drug-likeness (QED) is 0.719. The molecular formula is C9H8F5N3. The summed E-state index contributed by atoms with van der Waals surface area (Å²) in [6, 6.07) is 0.683. The fourth-order valence-corrected chi connectivity index (χ4v) is 1.53. The van der Waals surface area contributed by atoms with Gasteiger partial charge in [-0.05, 0) is 6.92 Å². The highest BCUT2D eigenvalue weighted by atomic mass is 19.4. The fraction of sp³-hybridized carbons (Fsp3) is 0.556. The van der Waals surface area contributed by atoms with Gasteiger partial charge in [-0.3, -0.25) is 0 Å². The van der Waals surface area contributed by atoms with Gasteiger partial charge in [0.1, 0.15) is 17.3 Å². The summed E-state index contributed by atoms with van der Waals surface area (Å²) in [6.07, 6.45) is -4.60. The first-order chi connectivity index (χ1) is 7.67. The van der Waals surface area contributed by atoms with Gasteiger partial charge < -0.3 is 4.90 Å². The van der Waals surface area contributed by atoms with E-state index in [-0.39, 0.29) is 11.6 Å². The molecule has 17 heavy (non-hydrogen) atoms. The second kappa shape index (κ2) is 3.51. The number of aryl methyl sites for hydroxylation is 1. The highest BCUT2D eigenvalue weighted by molar-refractivity contribution is 5.44. The van der Waals surface area contributed by atoms with Crippen molar-refractivity contribution in [3.05, 3.63) is 17.6 Å². The largest absolute Gasteiger partial charge is 0.433 e. The van der Waals surface area contributed by atoms with Crippen LogP contribution in [-0.2, 0) is 6.18 Å². The first-order valence-corrected chi connectivity index (χ1v) is 4.73. The average Bonchev–Trinajstić information content (AvgIpc) is 2.11. The molecule has 94 valence electrons. The van der Waals surface area contributed by atoms with Crippen molar-refractivity contribution in [1.29, 1.82) is 0 Å². The van der Waals surface area contributed by atoms with Crippen molar-refractivity contribution in [2.75, 3.05) is 18.0 Å². The second-order valence-corrected chi connectivity index (χ2v) is 3.87. The van der Waals surface area contributed by atoms with E-state index >= 15 is 0 Å². The molecule has 0 amide bonds. The molecule has 2 heterocycles. The van der Waals surface area contributed by atoms with Crippen molar-refractivity contribution in [2.45, 2.75) is 19.0 Å². The maximum atomic E-state index is 12.6. The summed E-state index contributed by atoms with van der Waals surface area (Å²) in [5.41, 5.74) is -1.12. The number of halogens is 5. The Hall–Kier alpha value is -1.47. The highest BCUT2D eigenvalue weighted by Gasteiger charge is 2.45. The Bertz CT molecular complexity index is 435. The normalized spacial score (nSPS) is 19.1. The zero-order valence-corrected chi connectivity index (χ0v) is 8.72. The molecule has 0 N–H and O–H groups in total. The van der Waals surface area contributed by atoms with E-state index in [0.29, 0.717) is 6.07 Å². The topological polar surface area (TPSA) is 29.0 Å². The molecule has 0 spiro atoms. The molecule has 1 fully saturated rings. The van der Waals surface area contributed by atoms with Gasteiger partial charge in [-0.1, -0.05) is 0 Å². The zero-order valence-electron chi connectivity index (χ0n) is 8.72. The molecule has 1 aromatic heterocycles. The van der Waals surface area contributed by atoms with Gasteiger partial charge in [0.25, 0.3) is 5.92 Å². The molecule has 0 bridgehead atoms. The third-order valence-corrected chi connectivity index (χ3v) is 2.28. The van der Waals surface area contributed by atoms with Crippen LogP contribution in [-0.4, -0.2) is 29.0 Å². The van der Waals surface area contributed by atoms with Gasteiger partial charge in [-0.2, -0.15) is 13.2 Å². The number of alkyl halides is 5. The molecule has 0 unspecified atom stereocenters. The van der Waals surface area contributed by atoms with Gasteiger partial charge in [-0.15, -0.1) is 0 Å². The van der Waals surface area contributed by atoms with Crippen molar-refractivity contribution in [1.82, 2.24) is 9.97 Å². The molecule has 0 atom stereocenters. The molecule has 2 rings (SSSR count). The summed E-state index contributed by atoms with van der Waals surface area (Å²) in [5.74, 6) is -3.06. The van der Waals surface area contributed by atoms with Gasteiger partial charge >= 0.3 is 6.18 Å². The Labute approximate surface area is 93.3 Å². The van der Waals surface area contributed by atoms with Gasteiger partial charge in [-0.25, -0.2) is 18.7 Å². The molecule has 0 radical (unpaired) electrons. The lowest BCUT2D eigenvalue weighted by Crippen LogP contribution is -2.56. The number of aromatic nitrogens is 2. The Kier molecular flexibility index (Phi) is 2.48. The van der Waals surface area contributed by atoms with Crippen LogP contribution in [0.3, 0.4) is 0 Å². The standard InChI is InChI=1S/C9H8F5N3/c1-5-15-6(9(12,13)14)2-7(16-5)17-3-8(10,11)4-17/h2H,3-4H2,1H3. The molecule has 1 aliphatic heterocycles. The number of rotatable bonds is 1. The molecule has 0 saturated carbocycles. The van der Waals surface area contributed by atoms with Crippen LogP contribution in [0.4, 0.5) is 27.8 Å². The van der Waals surface area contributed by atoms with Crippen molar-refractivity contribution in [2.24, 2.45) is 0 Å². The average molecular weight is 253 g/mol. The predicted molar refractivity (Wildman–Crippen MR) is 48.9 cm³/mol. The minimum Gasteiger partial charge on any atom is -0.344 e. The second-order valence-electron chi connectivity index (χ2n) is 3.87.